The molecule has 0 bridgehead atoms. The Labute approximate surface area is 321 Å². The number of para-hydroxylation sites is 3. The molecule has 0 unspecified atom stereocenters. The van der Waals surface area contributed by atoms with E-state index in [1.807, 2.05) is 11.3 Å². The average molecular weight is 717 g/mol. The number of rotatable bonds is 4. The van der Waals surface area contributed by atoms with Crippen LogP contribution in [0, 0.1) is 0 Å². The maximum absolute atomic E-state index is 2.43. The molecule has 0 fully saturated rings. The van der Waals surface area contributed by atoms with Gasteiger partial charge in [0.25, 0.3) is 0 Å². The fraction of sp³-hybridized carbons (Fsp3) is 0. The van der Waals surface area contributed by atoms with Crippen LogP contribution in [-0.2, 0) is 0 Å². The van der Waals surface area contributed by atoms with E-state index in [1.54, 1.807) is 0 Å². The van der Waals surface area contributed by atoms with Gasteiger partial charge in [-0.15, -0.1) is 11.3 Å². The van der Waals surface area contributed by atoms with E-state index in [0.717, 1.165) is 0 Å². The first-order valence-electron chi connectivity index (χ1n) is 18.8. The van der Waals surface area contributed by atoms with E-state index in [4.69, 9.17) is 0 Å². The van der Waals surface area contributed by atoms with Gasteiger partial charge in [-0.05, 0) is 99.8 Å². The second kappa shape index (κ2) is 11.8. The molecule has 0 aliphatic rings. The van der Waals surface area contributed by atoms with Gasteiger partial charge in [-0.3, -0.25) is 0 Å². The number of aromatic nitrogens is 2. The van der Waals surface area contributed by atoms with Gasteiger partial charge in [0.1, 0.15) is 0 Å². The van der Waals surface area contributed by atoms with E-state index >= 15 is 0 Å². The van der Waals surface area contributed by atoms with Gasteiger partial charge in [-0.25, -0.2) is 0 Å². The zero-order chi connectivity index (χ0) is 36.0. The molecule has 256 valence electrons. The summed E-state index contributed by atoms with van der Waals surface area (Å²) >= 11 is 1.89. The molecule has 0 saturated heterocycles. The van der Waals surface area contributed by atoms with Crippen LogP contribution in [0.1, 0.15) is 0 Å². The molecule has 0 aliphatic heterocycles. The summed E-state index contributed by atoms with van der Waals surface area (Å²) in [4.78, 5) is 0. The molecule has 9 aromatic carbocycles. The molecule has 0 aliphatic carbocycles. The van der Waals surface area contributed by atoms with Gasteiger partial charge in [0.05, 0.1) is 22.1 Å². The fourth-order valence-corrected chi connectivity index (χ4v) is 10.1. The summed E-state index contributed by atoms with van der Waals surface area (Å²) in [5.41, 5.74) is 12.2. The first-order chi connectivity index (χ1) is 27.2. The van der Waals surface area contributed by atoms with E-state index < -0.39 is 0 Å². The summed E-state index contributed by atoms with van der Waals surface area (Å²) in [7, 11) is 0. The van der Waals surface area contributed by atoms with Crippen LogP contribution in [0.2, 0.25) is 0 Å². The number of fused-ring (bicyclic) bond motifs is 10. The molecule has 3 heteroatoms. The molecule has 0 spiro atoms. The number of hydrogen-bond donors (Lipinski definition) is 0. The van der Waals surface area contributed by atoms with Crippen molar-refractivity contribution in [1.29, 1.82) is 0 Å². The highest BCUT2D eigenvalue weighted by Gasteiger charge is 2.16. The van der Waals surface area contributed by atoms with Crippen molar-refractivity contribution < 1.29 is 0 Å². The van der Waals surface area contributed by atoms with E-state index in [0.29, 0.717) is 0 Å². The summed E-state index contributed by atoms with van der Waals surface area (Å²) in [5, 5.41) is 10.2. The van der Waals surface area contributed by atoms with Crippen LogP contribution >= 0.6 is 11.3 Å². The Hall–Kier alpha value is -6.94. The van der Waals surface area contributed by atoms with Crippen LogP contribution in [-0.4, -0.2) is 9.13 Å². The Morgan fingerprint density at radius 2 is 0.782 bits per heavy atom. The van der Waals surface area contributed by atoms with E-state index in [9.17, 15) is 0 Å². The summed E-state index contributed by atoms with van der Waals surface area (Å²) in [6.07, 6.45) is 0. The molecule has 12 aromatic rings. The highest BCUT2D eigenvalue weighted by atomic mass is 32.1. The summed E-state index contributed by atoms with van der Waals surface area (Å²) < 4.78 is 7.42. The quantitative estimate of drug-likeness (QED) is 0.172. The van der Waals surface area contributed by atoms with Crippen LogP contribution in [0.3, 0.4) is 0 Å². The van der Waals surface area contributed by atoms with Gasteiger partial charge >= 0.3 is 0 Å². The van der Waals surface area contributed by atoms with Gasteiger partial charge < -0.3 is 9.13 Å². The number of nitrogens with zero attached hydrogens (tertiary/aromatic N) is 2. The SMILES string of the molecule is c1ccc(-n2c3ccccc3c3cc(-c4ccc5c(c4)sc4cc(-c6ccc7c8ccccc8n(-c8ccc9ccccc9c8)c7c6)ccc45)ccc32)cc1. The van der Waals surface area contributed by atoms with Gasteiger partial charge in [-0.1, -0.05) is 127 Å². The Balaban J connectivity index is 0.961. The van der Waals surface area contributed by atoms with E-state index in [2.05, 4.69) is 203 Å². The Morgan fingerprint density at radius 1 is 0.273 bits per heavy atom. The highest BCUT2D eigenvalue weighted by Crippen LogP contribution is 2.41. The second-order valence-electron chi connectivity index (χ2n) is 14.6. The minimum atomic E-state index is 1.18. The fourth-order valence-electron chi connectivity index (χ4n) is 8.89. The first-order valence-corrected chi connectivity index (χ1v) is 19.6. The molecule has 12 rings (SSSR count). The Morgan fingerprint density at radius 3 is 1.51 bits per heavy atom. The number of hydrogen-bond acceptors (Lipinski definition) is 1. The Kier molecular flexibility index (Phi) is 6.54. The third-order valence-corrected chi connectivity index (χ3v) is 12.6. The lowest BCUT2D eigenvalue weighted by Crippen LogP contribution is -1.94. The van der Waals surface area contributed by atoms with Crippen LogP contribution in [0.5, 0.6) is 0 Å². The molecule has 2 nitrogen and oxygen atoms in total. The topological polar surface area (TPSA) is 9.86 Å². The van der Waals surface area contributed by atoms with Crippen molar-refractivity contribution in [1.82, 2.24) is 9.13 Å². The van der Waals surface area contributed by atoms with Crippen LogP contribution in [0.25, 0.3) is 108 Å². The average Bonchev–Trinajstić information content (AvgIpc) is 3.90. The minimum Gasteiger partial charge on any atom is -0.309 e. The summed E-state index contributed by atoms with van der Waals surface area (Å²) in [6, 6.07) is 71.5. The van der Waals surface area contributed by atoms with Gasteiger partial charge in [-0.2, -0.15) is 0 Å². The van der Waals surface area contributed by atoms with Crippen LogP contribution in [0.4, 0.5) is 0 Å². The predicted octanol–water partition coefficient (Wildman–Crippen LogP) is 14.7. The standard InChI is InChI=1S/C52H32N2S/c1-2-12-39(13-3-1)53-48-17-9-7-15-42(48)46-29-35(22-27-49(46)53)37-20-25-44-45-26-21-38(32-52(45)55-51(44)31-37)36-19-24-43-41-14-6-8-16-47(41)54(50(43)30-36)40-23-18-33-10-4-5-11-34(33)28-40/h1-32H. The number of thiophene rings is 1. The molecule has 3 aromatic heterocycles. The molecule has 0 amide bonds. The molecule has 0 radical (unpaired) electrons. The van der Waals surface area contributed by atoms with Crippen LogP contribution < -0.4 is 0 Å². The lowest BCUT2D eigenvalue weighted by atomic mass is 10.00. The summed E-state index contributed by atoms with van der Waals surface area (Å²) in [6.45, 7) is 0. The molecule has 0 saturated carbocycles. The third-order valence-electron chi connectivity index (χ3n) is 11.5. The zero-order valence-corrected chi connectivity index (χ0v) is 30.6. The van der Waals surface area contributed by atoms with E-state index in [1.165, 1.54) is 108 Å². The van der Waals surface area contributed by atoms with Crippen molar-refractivity contribution in [2.24, 2.45) is 0 Å². The van der Waals surface area contributed by atoms with Gasteiger partial charge in [0, 0.05) is 53.1 Å². The van der Waals surface area contributed by atoms with Gasteiger partial charge in [0.15, 0.2) is 0 Å². The first kappa shape index (κ1) is 30.5. The monoisotopic (exact) mass is 716 g/mol. The van der Waals surface area contributed by atoms with Crippen molar-refractivity contribution in [3.63, 3.8) is 0 Å². The lowest BCUT2D eigenvalue weighted by Gasteiger charge is -2.10. The third kappa shape index (κ3) is 4.67. The van der Waals surface area contributed by atoms with Crippen molar-refractivity contribution in [2.75, 3.05) is 0 Å². The molecular formula is C52H32N2S. The zero-order valence-electron chi connectivity index (χ0n) is 29.8. The van der Waals surface area contributed by atoms with E-state index in [-0.39, 0.29) is 0 Å². The Bertz CT molecular complexity index is 3490. The smallest absolute Gasteiger partial charge is 0.0547 e. The highest BCUT2D eigenvalue weighted by molar-refractivity contribution is 7.25. The second-order valence-corrected chi connectivity index (χ2v) is 15.6. The van der Waals surface area contributed by atoms with Gasteiger partial charge in [0.2, 0.25) is 0 Å². The maximum atomic E-state index is 2.43. The molecular weight excluding hydrogens is 685 g/mol. The van der Waals surface area contributed by atoms with Crippen molar-refractivity contribution in [3.8, 4) is 33.6 Å². The molecule has 3 heterocycles. The molecule has 0 atom stereocenters. The number of benzene rings is 9. The minimum absolute atomic E-state index is 1.18. The van der Waals surface area contributed by atoms with Crippen molar-refractivity contribution >= 4 is 85.9 Å². The molecule has 55 heavy (non-hydrogen) atoms. The molecule has 0 N–H and O–H groups in total. The normalized spacial score (nSPS) is 12.0. The van der Waals surface area contributed by atoms with Crippen molar-refractivity contribution in [3.05, 3.63) is 194 Å². The summed E-state index contributed by atoms with van der Waals surface area (Å²) in [5.74, 6) is 0. The largest absolute Gasteiger partial charge is 0.309 e. The van der Waals surface area contributed by atoms with Crippen LogP contribution in [0.15, 0.2) is 194 Å². The predicted molar refractivity (Wildman–Crippen MR) is 236 cm³/mol. The maximum Gasteiger partial charge on any atom is 0.0547 e. The van der Waals surface area contributed by atoms with Crippen molar-refractivity contribution in [2.45, 2.75) is 0 Å². The lowest BCUT2D eigenvalue weighted by molar-refractivity contribution is 1.18.